The molecule has 0 aliphatic rings. The zero-order valence-corrected chi connectivity index (χ0v) is 15.2. The van der Waals surface area contributed by atoms with Gasteiger partial charge < -0.3 is 9.42 Å². The molecular formula is C18H22N6O2. The van der Waals surface area contributed by atoms with Gasteiger partial charge >= 0.3 is 0 Å². The summed E-state index contributed by atoms with van der Waals surface area (Å²) < 4.78 is 7.11. The van der Waals surface area contributed by atoms with E-state index in [-0.39, 0.29) is 5.91 Å². The fourth-order valence-corrected chi connectivity index (χ4v) is 2.48. The van der Waals surface area contributed by atoms with Gasteiger partial charge in [0.1, 0.15) is 0 Å². The van der Waals surface area contributed by atoms with E-state index in [0.717, 1.165) is 11.1 Å². The average molecular weight is 354 g/mol. The van der Waals surface area contributed by atoms with E-state index in [1.54, 1.807) is 30.5 Å². The Bertz CT molecular complexity index is 855. The van der Waals surface area contributed by atoms with Crippen LogP contribution in [0.1, 0.15) is 37.8 Å². The van der Waals surface area contributed by atoms with Crippen LogP contribution in [0.15, 0.2) is 41.4 Å². The molecule has 0 saturated carbocycles. The third-order valence-electron chi connectivity index (χ3n) is 3.99. The summed E-state index contributed by atoms with van der Waals surface area (Å²) in [5, 5.41) is 8.24. The van der Waals surface area contributed by atoms with Gasteiger partial charge in [-0.3, -0.25) is 14.5 Å². The van der Waals surface area contributed by atoms with E-state index in [4.69, 9.17) is 4.52 Å². The molecule has 0 N–H and O–H groups in total. The normalized spacial score (nSPS) is 11.1. The first-order chi connectivity index (χ1) is 12.5. The lowest BCUT2D eigenvalue weighted by Crippen LogP contribution is -2.26. The van der Waals surface area contributed by atoms with Crippen molar-refractivity contribution < 1.29 is 9.32 Å². The molecule has 0 radical (unpaired) electrons. The quantitative estimate of drug-likeness (QED) is 0.647. The first kappa shape index (κ1) is 17.8. The Balaban J connectivity index is 1.52. The van der Waals surface area contributed by atoms with Crippen molar-refractivity contribution in [1.29, 1.82) is 0 Å². The van der Waals surface area contributed by atoms with Crippen molar-refractivity contribution in [2.45, 2.75) is 39.3 Å². The lowest BCUT2D eigenvalue weighted by Gasteiger charge is -2.15. The molecule has 0 atom stereocenters. The minimum atomic E-state index is 0.0194. The van der Waals surface area contributed by atoms with Crippen LogP contribution in [0, 0.1) is 0 Å². The summed E-state index contributed by atoms with van der Waals surface area (Å²) in [4.78, 5) is 22.3. The van der Waals surface area contributed by atoms with Crippen molar-refractivity contribution in [3.63, 3.8) is 0 Å². The zero-order valence-electron chi connectivity index (χ0n) is 15.2. The molecule has 136 valence electrons. The lowest BCUT2D eigenvalue weighted by atomic mass is 10.2. The SMILES string of the molecule is CC(C)n1cc(CN(C)C(=O)CCc2nc(-c3ccncc3)no2)cn1. The summed E-state index contributed by atoms with van der Waals surface area (Å²) in [6, 6.07) is 3.92. The van der Waals surface area contributed by atoms with Crippen LogP contribution in [0.5, 0.6) is 0 Å². The van der Waals surface area contributed by atoms with Crippen LogP contribution in [-0.4, -0.2) is 42.8 Å². The van der Waals surface area contributed by atoms with Gasteiger partial charge in [0.15, 0.2) is 0 Å². The molecule has 0 unspecified atom stereocenters. The minimum Gasteiger partial charge on any atom is -0.341 e. The van der Waals surface area contributed by atoms with Gasteiger partial charge in [0.25, 0.3) is 0 Å². The molecule has 1 amide bonds. The van der Waals surface area contributed by atoms with Crippen LogP contribution < -0.4 is 0 Å². The van der Waals surface area contributed by atoms with Gasteiger partial charge in [-0.05, 0) is 26.0 Å². The lowest BCUT2D eigenvalue weighted by molar-refractivity contribution is -0.130. The van der Waals surface area contributed by atoms with E-state index in [1.165, 1.54) is 0 Å². The molecule has 3 aromatic rings. The van der Waals surface area contributed by atoms with Crippen LogP contribution in [0.2, 0.25) is 0 Å². The molecule has 3 rings (SSSR count). The standard InChI is InChI=1S/C18H22N6O2/c1-13(2)24-12-14(10-20-24)11-23(3)17(25)5-4-16-21-18(22-26-16)15-6-8-19-9-7-15/h6-10,12-13H,4-5,11H2,1-3H3. The molecule has 8 heteroatoms. The number of aryl methyl sites for hydroxylation is 1. The number of hydrogen-bond acceptors (Lipinski definition) is 6. The molecule has 0 aliphatic carbocycles. The van der Waals surface area contributed by atoms with Crippen molar-refractivity contribution >= 4 is 5.91 Å². The average Bonchev–Trinajstić information content (AvgIpc) is 3.30. The van der Waals surface area contributed by atoms with E-state index >= 15 is 0 Å². The summed E-state index contributed by atoms with van der Waals surface area (Å²) in [5.41, 5.74) is 1.84. The van der Waals surface area contributed by atoms with Crippen molar-refractivity contribution in [3.05, 3.63) is 48.4 Å². The second kappa shape index (κ2) is 7.90. The third kappa shape index (κ3) is 4.33. The van der Waals surface area contributed by atoms with E-state index in [0.29, 0.717) is 37.1 Å². The van der Waals surface area contributed by atoms with E-state index in [1.807, 2.05) is 23.0 Å². The number of hydrogen-bond donors (Lipinski definition) is 0. The Kier molecular flexibility index (Phi) is 5.40. The van der Waals surface area contributed by atoms with Crippen LogP contribution in [0.3, 0.4) is 0 Å². The Hall–Kier alpha value is -3.03. The van der Waals surface area contributed by atoms with Crippen molar-refractivity contribution in [1.82, 2.24) is 29.8 Å². The molecular weight excluding hydrogens is 332 g/mol. The highest BCUT2D eigenvalue weighted by atomic mass is 16.5. The Labute approximate surface area is 151 Å². The summed E-state index contributed by atoms with van der Waals surface area (Å²) >= 11 is 0. The highest BCUT2D eigenvalue weighted by Gasteiger charge is 2.14. The Morgan fingerprint density at radius 2 is 2.08 bits per heavy atom. The number of amides is 1. The first-order valence-electron chi connectivity index (χ1n) is 8.53. The van der Waals surface area contributed by atoms with Gasteiger partial charge in [0.05, 0.1) is 6.20 Å². The molecule has 0 aromatic carbocycles. The maximum atomic E-state index is 12.3. The smallest absolute Gasteiger partial charge is 0.227 e. The largest absolute Gasteiger partial charge is 0.341 e. The summed E-state index contributed by atoms with van der Waals surface area (Å²) in [6.07, 6.45) is 7.83. The molecule has 0 bridgehead atoms. The molecule has 0 fully saturated rings. The van der Waals surface area contributed by atoms with Gasteiger partial charge in [-0.15, -0.1) is 0 Å². The fourth-order valence-electron chi connectivity index (χ4n) is 2.48. The van der Waals surface area contributed by atoms with Gasteiger partial charge in [0, 0.05) is 62.2 Å². The number of carbonyl (C=O) groups excluding carboxylic acids is 1. The second-order valence-corrected chi connectivity index (χ2v) is 6.42. The van der Waals surface area contributed by atoms with Crippen molar-refractivity contribution in [2.24, 2.45) is 0 Å². The van der Waals surface area contributed by atoms with Gasteiger partial charge in [-0.1, -0.05) is 5.16 Å². The minimum absolute atomic E-state index is 0.0194. The number of carbonyl (C=O) groups is 1. The monoisotopic (exact) mass is 354 g/mol. The van der Waals surface area contributed by atoms with Crippen molar-refractivity contribution in [2.75, 3.05) is 7.05 Å². The van der Waals surface area contributed by atoms with Crippen molar-refractivity contribution in [3.8, 4) is 11.4 Å². The predicted octanol–water partition coefficient (Wildman–Crippen LogP) is 2.50. The maximum absolute atomic E-state index is 12.3. The molecule has 26 heavy (non-hydrogen) atoms. The summed E-state index contributed by atoms with van der Waals surface area (Å²) in [6.45, 7) is 4.66. The molecule has 0 saturated heterocycles. The molecule has 0 aliphatic heterocycles. The number of pyridine rings is 1. The zero-order chi connectivity index (χ0) is 18.5. The van der Waals surface area contributed by atoms with E-state index < -0.39 is 0 Å². The summed E-state index contributed by atoms with van der Waals surface area (Å²) in [7, 11) is 1.78. The number of aromatic nitrogens is 5. The number of rotatable bonds is 7. The molecule has 8 nitrogen and oxygen atoms in total. The third-order valence-corrected chi connectivity index (χ3v) is 3.99. The highest BCUT2D eigenvalue weighted by molar-refractivity contribution is 5.76. The van der Waals surface area contributed by atoms with E-state index in [9.17, 15) is 4.79 Å². The van der Waals surface area contributed by atoms with Gasteiger partial charge in [0.2, 0.25) is 17.6 Å². The molecule has 3 heterocycles. The Morgan fingerprint density at radius 3 is 2.77 bits per heavy atom. The highest BCUT2D eigenvalue weighted by Crippen LogP contribution is 2.15. The van der Waals surface area contributed by atoms with E-state index in [2.05, 4.69) is 34.1 Å². The molecule has 3 aromatic heterocycles. The topological polar surface area (TPSA) is 89.9 Å². The van der Waals surface area contributed by atoms with Gasteiger partial charge in [-0.2, -0.15) is 10.1 Å². The Morgan fingerprint density at radius 1 is 1.31 bits per heavy atom. The van der Waals surface area contributed by atoms with Crippen LogP contribution in [0.25, 0.3) is 11.4 Å². The molecule has 0 spiro atoms. The predicted molar refractivity (Wildman–Crippen MR) is 94.9 cm³/mol. The van der Waals surface area contributed by atoms with Crippen LogP contribution >= 0.6 is 0 Å². The van der Waals surface area contributed by atoms with Crippen LogP contribution in [0.4, 0.5) is 0 Å². The second-order valence-electron chi connectivity index (χ2n) is 6.42. The van der Waals surface area contributed by atoms with Crippen LogP contribution in [-0.2, 0) is 17.8 Å². The fraction of sp³-hybridized carbons (Fsp3) is 0.389. The maximum Gasteiger partial charge on any atom is 0.227 e. The first-order valence-corrected chi connectivity index (χ1v) is 8.53. The number of nitrogens with zero attached hydrogens (tertiary/aromatic N) is 6. The van der Waals surface area contributed by atoms with Gasteiger partial charge in [-0.25, -0.2) is 0 Å². The summed E-state index contributed by atoms with van der Waals surface area (Å²) in [5.74, 6) is 0.974.